The Hall–Kier alpha value is -1.65. The molecule has 1 aromatic carbocycles. The molecule has 2 fully saturated rings. The number of carbonyl (C=O) groups is 1. The van der Waals surface area contributed by atoms with Crippen molar-refractivity contribution in [3.05, 3.63) is 48.0 Å². The lowest BCUT2D eigenvalue weighted by Gasteiger charge is -2.37. The first-order chi connectivity index (χ1) is 14.3. The molecule has 1 aliphatic heterocycles. The molecule has 0 unspecified atom stereocenters. The van der Waals surface area contributed by atoms with Crippen molar-refractivity contribution in [1.29, 1.82) is 0 Å². The van der Waals surface area contributed by atoms with Gasteiger partial charge >= 0.3 is 5.97 Å². The fraction of sp³-hybridized carbons (Fsp3) is 0.640. The second-order valence-corrected chi connectivity index (χ2v) is 8.40. The van der Waals surface area contributed by atoms with E-state index in [0.717, 1.165) is 19.3 Å². The molecule has 0 amide bonds. The smallest absolute Gasteiger partial charge is 0.305 e. The zero-order valence-corrected chi connectivity index (χ0v) is 17.9. The first-order valence-electron chi connectivity index (χ1n) is 11.4. The summed E-state index contributed by atoms with van der Waals surface area (Å²) in [5.41, 5.74) is 1.26. The normalized spacial score (nSPS) is 25.5. The maximum absolute atomic E-state index is 11.2. The van der Waals surface area contributed by atoms with E-state index < -0.39 is 0 Å². The number of allylic oxidation sites excluding steroid dienone is 2. The molecule has 1 saturated carbocycles. The lowest BCUT2D eigenvalue weighted by atomic mass is 9.93. The molecule has 1 aliphatic carbocycles. The van der Waals surface area contributed by atoms with Crippen LogP contribution in [-0.2, 0) is 20.9 Å². The third kappa shape index (κ3) is 6.97. The number of esters is 1. The van der Waals surface area contributed by atoms with Crippen LogP contribution in [0.2, 0.25) is 0 Å². The maximum Gasteiger partial charge on any atom is 0.305 e. The van der Waals surface area contributed by atoms with Crippen LogP contribution < -0.4 is 0 Å². The zero-order valence-electron chi connectivity index (χ0n) is 17.9. The number of likely N-dealkylation sites (tertiary alicyclic amines) is 1. The van der Waals surface area contributed by atoms with Crippen molar-refractivity contribution in [1.82, 2.24) is 4.90 Å². The molecule has 3 rings (SSSR count). The minimum absolute atomic E-state index is 0.134. The minimum atomic E-state index is -0.134. The number of hydrogen-bond acceptors (Lipinski definition) is 4. The molecule has 3 atom stereocenters. The van der Waals surface area contributed by atoms with Crippen molar-refractivity contribution in [2.45, 2.75) is 76.5 Å². The van der Waals surface area contributed by atoms with E-state index in [9.17, 15) is 4.79 Å². The molecule has 4 nitrogen and oxygen atoms in total. The molecule has 0 spiro atoms. The number of methoxy groups -OCH3 is 1. The topological polar surface area (TPSA) is 38.8 Å². The Bertz CT molecular complexity index is 624. The van der Waals surface area contributed by atoms with E-state index in [0.29, 0.717) is 31.1 Å². The van der Waals surface area contributed by atoms with Gasteiger partial charge in [-0.3, -0.25) is 4.79 Å². The maximum atomic E-state index is 11.2. The average molecular weight is 400 g/mol. The van der Waals surface area contributed by atoms with Crippen LogP contribution in [0.5, 0.6) is 0 Å². The van der Waals surface area contributed by atoms with Crippen molar-refractivity contribution < 1.29 is 14.3 Å². The van der Waals surface area contributed by atoms with Crippen molar-refractivity contribution in [2.24, 2.45) is 5.92 Å². The first kappa shape index (κ1) is 22.0. The lowest BCUT2D eigenvalue weighted by molar-refractivity contribution is -0.140. The summed E-state index contributed by atoms with van der Waals surface area (Å²) in [6.07, 6.45) is 14.7. The Morgan fingerprint density at radius 1 is 1.07 bits per heavy atom. The molecule has 0 radical (unpaired) electrons. The highest BCUT2D eigenvalue weighted by atomic mass is 16.5. The van der Waals surface area contributed by atoms with Gasteiger partial charge in [0.25, 0.3) is 0 Å². The van der Waals surface area contributed by atoms with Gasteiger partial charge in [-0.25, -0.2) is 0 Å². The Balaban J connectivity index is 1.53. The summed E-state index contributed by atoms with van der Waals surface area (Å²) in [7, 11) is 1.45. The molecule has 1 aromatic rings. The van der Waals surface area contributed by atoms with Gasteiger partial charge in [0.05, 0.1) is 19.8 Å². The molecule has 4 heteroatoms. The van der Waals surface area contributed by atoms with Crippen molar-refractivity contribution in [3.63, 3.8) is 0 Å². The summed E-state index contributed by atoms with van der Waals surface area (Å²) in [4.78, 5) is 14.0. The van der Waals surface area contributed by atoms with Crippen LogP contribution in [-0.4, -0.2) is 43.2 Å². The molecule has 0 bridgehead atoms. The van der Waals surface area contributed by atoms with E-state index in [2.05, 4.69) is 47.4 Å². The number of ether oxygens (including phenoxy) is 2. The van der Waals surface area contributed by atoms with E-state index in [1.165, 1.54) is 57.9 Å². The van der Waals surface area contributed by atoms with Crippen LogP contribution in [0.25, 0.3) is 0 Å². The quantitative estimate of drug-likeness (QED) is 0.404. The summed E-state index contributed by atoms with van der Waals surface area (Å²) in [5, 5.41) is 0. The molecule has 1 heterocycles. The summed E-state index contributed by atoms with van der Waals surface area (Å²) in [6, 6.07) is 11.2. The number of piperidine rings is 1. The zero-order chi connectivity index (χ0) is 20.3. The number of nitrogens with zero attached hydrogens (tertiary/aromatic N) is 1. The number of rotatable bonds is 10. The summed E-state index contributed by atoms with van der Waals surface area (Å²) >= 11 is 0. The van der Waals surface area contributed by atoms with Crippen molar-refractivity contribution in [2.75, 3.05) is 20.2 Å². The van der Waals surface area contributed by atoms with Gasteiger partial charge in [0.15, 0.2) is 0 Å². The van der Waals surface area contributed by atoms with Gasteiger partial charge in [-0.2, -0.15) is 0 Å². The van der Waals surface area contributed by atoms with Gasteiger partial charge in [0.2, 0.25) is 0 Å². The fourth-order valence-corrected chi connectivity index (χ4v) is 4.90. The molecular weight excluding hydrogens is 362 g/mol. The van der Waals surface area contributed by atoms with Gasteiger partial charge in [-0.1, -0.05) is 48.9 Å². The van der Waals surface area contributed by atoms with Gasteiger partial charge in [0.1, 0.15) is 0 Å². The Morgan fingerprint density at radius 2 is 1.83 bits per heavy atom. The second-order valence-electron chi connectivity index (χ2n) is 8.40. The summed E-state index contributed by atoms with van der Waals surface area (Å²) < 4.78 is 11.1. The highest BCUT2D eigenvalue weighted by molar-refractivity contribution is 5.69. The van der Waals surface area contributed by atoms with Gasteiger partial charge < -0.3 is 14.4 Å². The summed E-state index contributed by atoms with van der Waals surface area (Å²) in [6.45, 7) is 3.22. The summed E-state index contributed by atoms with van der Waals surface area (Å²) in [5.74, 6) is 0.465. The fourth-order valence-electron chi connectivity index (χ4n) is 4.90. The highest BCUT2D eigenvalue weighted by Gasteiger charge is 2.39. The van der Waals surface area contributed by atoms with Gasteiger partial charge in [-0.15, -0.1) is 0 Å². The minimum Gasteiger partial charge on any atom is -0.469 e. The molecule has 0 aromatic heterocycles. The van der Waals surface area contributed by atoms with Crippen LogP contribution in [0.1, 0.15) is 63.4 Å². The second kappa shape index (κ2) is 12.1. The third-order valence-corrected chi connectivity index (χ3v) is 6.46. The van der Waals surface area contributed by atoms with Crippen LogP contribution in [0, 0.1) is 5.92 Å². The predicted octanol–water partition coefficient (Wildman–Crippen LogP) is 5.13. The van der Waals surface area contributed by atoms with E-state index in [-0.39, 0.29) is 5.97 Å². The third-order valence-electron chi connectivity index (χ3n) is 6.46. The predicted molar refractivity (Wildman–Crippen MR) is 117 cm³/mol. The van der Waals surface area contributed by atoms with E-state index in [1.807, 2.05) is 0 Å². The molecule has 2 aliphatic rings. The van der Waals surface area contributed by atoms with Crippen LogP contribution in [0.4, 0.5) is 0 Å². The Kier molecular flexibility index (Phi) is 9.23. The van der Waals surface area contributed by atoms with Gasteiger partial charge in [0, 0.05) is 18.4 Å². The van der Waals surface area contributed by atoms with E-state index in [1.54, 1.807) is 0 Å². The standard InChI is InChI=1S/C25H37NO3/c1-28-25(27)15-9-3-2-8-14-22-23(26-18-10-5-11-19-26)16-17-24(22)29-20-21-12-6-4-7-13-21/h2-4,6-7,12-13,22-24H,5,8-11,14-20H2,1H3/t22-,23+,24+/m1/s1. The largest absolute Gasteiger partial charge is 0.469 e. The van der Waals surface area contributed by atoms with E-state index in [4.69, 9.17) is 9.47 Å². The number of benzene rings is 1. The molecule has 0 N–H and O–H groups in total. The van der Waals surface area contributed by atoms with Crippen LogP contribution in [0.3, 0.4) is 0 Å². The molecular formula is C25H37NO3. The highest BCUT2D eigenvalue weighted by Crippen LogP contribution is 2.37. The SMILES string of the molecule is COC(=O)CCC=CCC[C@H]1[C@@H](OCc2ccccc2)CC[C@@H]1N1CCCCC1. The number of carbonyl (C=O) groups excluding carboxylic acids is 1. The van der Waals surface area contributed by atoms with Gasteiger partial charge in [-0.05, 0) is 63.6 Å². The molecule has 1 saturated heterocycles. The van der Waals surface area contributed by atoms with Crippen LogP contribution in [0.15, 0.2) is 42.5 Å². The van der Waals surface area contributed by atoms with E-state index >= 15 is 0 Å². The van der Waals surface area contributed by atoms with Crippen molar-refractivity contribution in [3.8, 4) is 0 Å². The monoisotopic (exact) mass is 399 g/mol. The Morgan fingerprint density at radius 3 is 2.59 bits per heavy atom. The number of hydrogen-bond donors (Lipinski definition) is 0. The molecule has 29 heavy (non-hydrogen) atoms. The lowest BCUT2D eigenvalue weighted by Crippen LogP contribution is -2.43. The first-order valence-corrected chi connectivity index (χ1v) is 11.4. The van der Waals surface area contributed by atoms with Crippen LogP contribution >= 0.6 is 0 Å². The molecule has 160 valence electrons. The average Bonchev–Trinajstić information content (AvgIpc) is 3.18. The van der Waals surface area contributed by atoms with Crippen molar-refractivity contribution >= 4 is 5.97 Å². The Labute approximate surface area is 176 Å².